The van der Waals surface area contributed by atoms with Gasteiger partial charge >= 0.3 is 0 Å². The minimum Gasteiger partial charge on any atom is -0.392 e. The molecule has 2 atom stereocenters. The van der Waals surface area contributed by atoms with Crippen molar-refractivity contribution in [3.63, 3.8) is 0 Å². The molecule has 3 fully saturated rings. The van der Waals surface area contributed by atoms with Gasteiger partial charge in [0.2, 0.25) is 0 Å². The average Bonchev–Trinajstić information content (AvgIpc) is 2.64. The Morgan fingerprint density at radius 2 is 1.56 bits per heavy atom. The van der Waals surface area contributed by atoms with Crippen LogP contribution in [0.5, 0.6) is 0 Å². The van der Waals surface area contributed by atoms with Crippen LogP contribution >= 0.6 is 0 Å². The third-order valence-corrected chi connectivity index (χ3v) is 6.75. The highest BCUT2D eigenvalue weighted by molar-refractivity contribution is 5.47. The molecule has 1 saturated carbocycles. The van der Waals surface area contributed by atoms with Crippen molar-refractivity contribution in [1.29, 1.82) is 0 Å². The Morgan fingerprint density at radius 3 is 2.12 bits per heavy atom. The molecule has 0 unspecified atom stereocenters. The van der Waals surface area contributed by atoms with E-state index in [9.17, 15) is 19.0 Å². The van der Waals surface area contributed by atoms with Crippen LogP contribution in [0.25, 0.3) is 0 Å². The highest BCUT2D eigenvalue weighted by atomic mass is 19.2. The SMILES string of the molecule is O[C@@H]1C[C@H](O)C12CCN(C1CCN(c3ccc(F)c(F)c3)CC1)CC2. The van der Waals surface area contributed by atoms with Gasteiger partial charge in [0.05, 0.1) is 12.2 Å². The number of halogens is 2. The lowest BCUT2D eigenvalue weighted by Gasteiger charge is -2.56. The molecule has 0 radical (unpaired) electrons. The number of hydrogen-bond donors (Lipinski definition) is 2. The molecular formula is C19H26F2N2O2. The number of aliphatic hydroxyl groups excluding tert-OH is 2. The predicted octanol–water partition coefficient (Wildman–Crippen LogP) is 2.14. The third kappa shape index (κ3) is 2.94. The average molecular weight is 352 g/mol. The third-order valence-electron chi connectivity index (χ3n) is 6.75. The van der Waals surface area contributed by atoms with E-state index in [-0.39, 0.29) is 17.6 Å². The minimum atomic E-state index is -0.804. The van der Waals surface area contributed by atoms with Crippen LogP contribution in [0.4, 0.5) is 14.5 Å². The molecule has 2 N–H and O–H groups in total. The first kappa shape index (κ1) is 17.2. The smallest absolute Gasteiger partial charge is 0.160 e. The van der Waals surface area contributed by atoms with Crippen molar-refractivity contribution < 1.29 is 19.0 Å². The molecule has 1 aliphatic carbocycles. The summed E-state index contributed by atoms with van der Waals surface area (Å²) in [6.45, 7) is 3.51. The maximum Gasteiger partial charge on any atom is 0.160 e. The van der Waals surface area contributed by atoms with Gasteiger partial charge < -0.3 is 20.0 Å². The van der Waals surface area contributed by atoms with Crippen molar-refractivity contribution in [1.82, 2.24) is 4.90 Å². The molecule has 1 aromatic rings. The fraction of sp³-hybridized carbons (Fsp3) is 0.684. The Labute approximate surface area is 147 Å². The molecule has 1 spiro atoms. The Balaban J connectivity index is 1.31. The van der Waals surface area contributed by atoms with Gasteiger partial charge in [-0.2, -0.15) is 0 Å². The number of rotatable bonds is 2. The first-order valence-electron chi connectivity index (χ1n) is 9.30. The van der Waals surface area contributed by atoms with Gasteiger partial charge in [0.1, 0.15) is 0 Å². The van der Waals surface area contributed by atoms with E-state index < -0.39 is 11.6 Å². The van der Waals surface area contributed by atoms with Crippen LogP contribution in [0.3, 0.4) is 0 Å². The van der Waals surface area contributed by atoms with Crippen molar-refractivity contribution >= 4 is 5.69 Å². The van der Waals surface area contributed by atoms with E-state index in [0.717, 1.165) is 57.5 Å². The van der Waals surface area contributed by atoms with E-state index >= 15 is 0 Å². The van der Waals surface area contributed by atoms with E-state index in [4.69, 9.17) is 0 Å². The zero-order chi connectivity index (χ0) is 17.6. The van der Waals surface area contributed by atoms with Crippen LogP contribution in [-0.2, 0) is 0 Å². The summed E-state index contributed by atoms with van der Waals surface area (Å²) in [5.74, 6) is -1.60. The summed E-state index contributed by atoms with van der Waals surface area (Å²) in [4.78, 5) is 4.59. The van der Waals surface area contributed by atoms with Crippen molar-refractivity contribution in [2.75, 3.05) is 31.1 Å². The maximum atomic E-state index is 13.4. The Bertz CT molecular complexity index is 616. The van der Waals surface area contributed by atoms with Gasteiger partial charge in [-0.3, -0.25) is 0 Å². The lowest BCUT2D eigenvalue weighted by molar-refractivity contribution is -0.192. The molecule has 2 aliphatic heterocycles. The van der Waals surface area contributed by atoms with E-state index in [2.05, 4.69) is 9.80 Å². The number of anilines is 1. The van der Waals surface area contributed by atoms with E-state index in [1.165, 1.54) is 12.1 Å². The van der Waals surface area contributed by atoms with Gasteiger partial charge in [0, 0.05) is 42.7 Å². The second kappa shape index (κ2) is 6.49. The molecule has 0 amide bonds. The zero-order valence-electron chi connectivity index (χ0n) is 14.4. The summed E-state index contributed by atoms with van der Waals surface area (Å²) >= 11 is 0. The summed E-state index contributed by atoms with van der Waals surface area (Å²) in [5, 5.41) is 20.1. The summed E-state index contributed by atoms with van der Waals surface area (Å²) in [7, 11) is 0. The van der Waals surface area contributed by atoms with Gasteiger partial charge in [-0.25, -0.2) is 8.78 Å². The molecule has 6 heteroatoms. The number of benzene rings is 1. The first-order chi connectivity index (χ1) is 12.0. The molecule has 1 aromatic carbocycles. The zero-order valence-corrected chi connectivity index (χ0v) is 14.4. The van der Waals surface area contributed by atoms with Crippen LogP contribution in [-0.4, -0.2) is 59.5 Å². The Morgan fingerprint density at radius 1 is 0.920 bits per heavy atom. The second-order valence-electron chi connectivity index (χ2n) is 7.85. The molecule has 0 bridgehead atoms. The number of likely N-dealkylation sites (tertiary alicyclic amines) is 1. The van der Waals surface area contributed by atoms with Gasteiger partial charge in [0.15, 0.2) is 11.6 Å². The van der Waals surface area contributed by atoms with Crippen LogP contribution in [0.2, 0.25) is 0 Å². The highest BCUT2D eigenvalue weighted by Gasteiger charge is 2.55. The molecule has 4 nitrogen and oxygen atoms in total. The molecule has 25 heavy (non-hydrogen) atoms. The minimum absolute atomic E-state index is 0.261. The topological polar surface area (TPSA) is 46.9 Å². The van der Waals surface area contributed by atoms with Gasteiger partial charge in [-0.1, -0.05) is 0 Å². The quantitative estimate of drug-likeness (QED) is 0.856. The monoisotopic (exact) mass is 352 g/mol. The van der Waals surface area contributed by atoms with Crippen molar-refractivity contribution in [3.05, 3.63) is 29.8 Å². The van der Waals surface area contributed by atoms with Crippen molar-refractivity contribution in [2.45, 2.75) is 50.4 Å². The molecule has 2 heterocycles. The van der Waals surface area contributed by atoms with Crippen LogP contribution in [0, 0.1) is 17.0 Å². The summed E-state index contributed by atoms with van der Waals surface area (Å²) in [5.41, 5.74) is 0.485. The lowest BCUT2D eigenvalue weighted by atomic mass is 9.58. The van der Waals surface area contributed by atoms with Crippen molar-refractivity contribution in [2.24, 2.45) is 5.41 Å². The number of nitrogens with zero attached hydrogens (tertiary/aromatic N) is 2. The van der Waals surface area contributed by atoms with E-state index in [1.807, 2.05) is 0 Å². The molecule has 4 rings (SSSR count). The van der Waals surface area contributed by atoms with Crippen molar-refractivity contribution in [3.8, 4) is 0 Å². The summed E-state index contributed by atoms with van der Waals surface area (Å²) in [6, 6.07) is 4.60. The van der Waals surface area contributed by atoms with Crippen LogP contribution < -0.4 is 4.90 Å². The molecular weight excluding hydrogens is 326 g/mol. The summed E-state index contributed by atoms with van der Waals surface area (Å²) < 4.78 is 26.5. The van der Waals surface area contributed by atoms with Gasteiger partial charge in [0.25, 0.3) is 0 Å². The number of piperidine rings is 2. The predicted molar refractivity (Wildman–Crippen MR) is 91.5 cm³/mol. The highest BCUT2D eigenvalue weighted by Crippen LogP contribution is 2.49. The molecule has 3 aliphatic rings. The lowest BCUT2D eigenvalue weighted by Crippen LogP contribution is -2.62. The Kier molecular flexibility index (Phi) is 4.46. The fourth-order valence-corrected chi connectivity index (χ4v) is 4.89. The molecule has 2 saturated heterocycles. The number of aliphatic hydroxyl groups is 2. The fourth-order valence-electron chi connectivity index (χ4n) is 4.89. The molecule has 0 aromatic heterocycles. The standard InChI is InChI=1S/C19H26F2N2O2/c20-15-2-1-14(11-16(15)21)22-7-3-13(4-8-22)23-9-5-19(6-10-23)17(24)12-18(19)25/h1-2,11,13,17-18,24-25H,3-10,12H2/t17-,18+. The normalized spacial score (nSPS) is 30.5. The van der Waals surface area contributed by atoms with Crippen LogP contribution in [0.1, 0.15) is 32.1 Å². The van der Waals surface area contributed by atoms with E-state index in [0.29, 0.717) is 12.5 Å². The Hall–Kier alpha value is -1.24. The summed E-state index contributed by atoms with van der Waals surface area (Å²) in [6.07, 6.45) is 3.54. The first-order valence-corrected chi connectivity index (χ1v) is 9.30. The largest absolute Gasteiger partial charge is 0.392 e. The number of hydrogen-bond acceptors (Lipinski definition) is 4. The molecule has 138 valence electrons. The second-order valence-corrected chi connectivity index (χ2v) is 7.85. The van der Waals surface area contributed by atoms with Gasteiger partial charge in [-0.05, 0) is 50.9 Å². The van der Waals surface area contributed by atoms with Gasteiger partial charge in [-0.15, -0.1) is 0 Å². The maximum absolute atomic E-state index is 13.4. The van der Waals surface area contributed by atoms with E-state index in [1.54, 1.807) is 6.07 Å². The van der Waals surface area contributed by atoms with Crippen LogP contribution in [0.15, 0.2) is 18.2 Å².